The molecule has 2 saturated heterocycles. The third-order valence-electron chi connectivity index (χ3n) is 8.52. The number of para-hydroxylation sites is 2. The van der Waals surface area contributed by atoms with E-state index in [-0.39, 0.29) is 29.8 Å². The van der Waals surface area contributed by atoms with Crippen LogP contribution in [0.5, 0.6) is 0 Å². The van der Waals surface area contributed by atoms with Crippen molar-refractivity contribution >= 4 is 37.7 Å². The Morgan fingerprint density at radius 3 is 2.63 bits per heavy atom. The van der Waals surface area contributed by atoms with Crippen molar-refractivity contribution in [1.82, 2.24) is 18.8 Å². The molecule has 10 heteroatoms. The predicted octanol–water partition coefficient (Wildman–Crippen LogP) is 3.58. The van der Waals surface area contributed by atoms with E-state index >= 15 is 0 Å². The average molecular weight is 576 g/mol. The number of imidazole rings is 1. The van der Waals surface area contributed by atoms with E-state index in [1.54, 1.807) is 19.2 Å². The van der Waals surface area contributed by atoms with Gasteiger partial charge in [-0.1, -0.05) is 42.5 Å². The first-order valence-corrected chi connectivity index (χ1v) is 15.8. The van der Waals surface area contributed by atoms with Crippen LogP contribution in [0.25, 0.3) is 21.8 Å². The molecule has 216 valence electrons. The molecule has 2 fully saturated rings. The third kappa shape index (κ3) is 5.37. The number of fused-ring (bicyclic) bond motifs is 2. The number of hydrogen-bond acceptors (Lipinski definition) is 6. The number of ether oxygens (including phenoxy) is 1. The molecule has 0 spiro atoms. The van der Waals surface area contributed by atoms with Crippen LogP contribution in [0.4, 0.5) is 0 Å². The summed E-state index contributed by atoms with van der Waals surface area (Å²) < 4.78 is 36.1. The number of benzene rings is 3. The second-order valence-electron chi connectivity index (χ2n) is 11.2. The Labute approximate surface area is 240 Å². The molecule has 9 nitrogen and oxygen atoms in total. The Morgan fingerprint density at radius 2 is 1.80 bits per heavy atom. The topological polar surface area (TPSA) is 111 Å². The van der Waals surface area contributed by atoms with Crippen LogP contribution in [0.2, 0.25) is 0 Å². The smallest absolute Gasteiger partial charge is 0.243 e. The number of amides is 1. The molecule has 1 amide bonds. The van der Waals surface area contributed by atoms with Crippen molar-refractivity contribution in [2.75, 3.05) is 39.9 Å². The van der Waals surface area contributed by atoms with Gasteiger partial charge in [0, 0.05) is 58.4 Å². The predicted molar refractivity (Wildman–Crippen MR) is 159 cm³/mol. The lowest BCUT2D eigenvalue weighted by Gasteiger charge is -2.35. The highest BCUT2D eigenvalue weighted by atomic mass is 32.2. The molecule has 1 aromatic heterocycles. The molecule has 4 aromatic rings. The molecule has 6 rings (SSSR count). The van der Waals surface area contributed by atoms with Crippen molar-refractivity contribution < 1.29 is 17.9 Å². The lowest BCUT2D eigenvalue weighted by atomic mass is 9.94. The van der Waals surface area contributed by atoms with Crippen LogP contribution >= 0.6 is 0 Å². The summed E-state index contributed by atoms with van der Waals surface area (Å²) in [6.45, 7) is 2.86. The van der Waals surface area contributed by atoms with Crippen LogP contribution in [-0.2, 0) is 26.1 Å². The number of sulfonamides is 1. The molecular formula is C31H37N5O4S. The Bertz CT molecular complexity index is 1670. The van der Waals surface area contributed by atoms with Crippen LogP contribution in [-0.4, -0.2) is 79.0 Å². The minimum atomic E-state index is -3.79. The number of hydrogen-bond donors (Lipinski definition) is 1. The molecule has 2 aliphatic heterocycles. The number of nitrogens with two attached hydrogens (primary N) is 1. The molecule has 41 heavy (non-hydrogen) atoms. The van der Waals surface area contributed by atoms with Crippen LogP contribution < -0.4 is 5.73 Å². The van der Waals surface area contributed by atoms with Gasteiger partial charge >= 0.3 is 0 Å². The van der Waals surface area contributed by atoms with Crippen molar-refractivity contribution in [3.05, 3.63) is 72.6 Å². The molecule has 0 unspecified atom stereocenters. The summed E-state index contributed by atoms with van der Waals surface area (Å²) in [6.07, 6.45) is 2.67. The van der Waals surface area contributed by atoms with E-state index in [0.29, 0.717) is 19.7 Å². The number of piperidine rings is 1. The molecule has 0 radical (unpaired) electrons. The van der Waals surface area contributed by atoms with Crippen LogP contribution in [0.3, 0.4) is 0 Å². The summed E-state index contributed by atoms with van der Waals surface area (Å²) in [6, 6.07) is 20.4. The lowest BCUT2D eigenvalue weighted by Crippen LogP contribution is -2.47. The van der Waals surface area contributed by atoms with Gasteiger partial charge in [0.15, 0.2) is 0 Å². The molecule has 3 aromatic carbocycles. The molecule has 2 aliphatic rings. The summed E-state index contributed by atoms with van der Waals surface area (Å²) in [5, 5.41) is 1.84. The number of aryl methyl sites for hydroxylation is 1. The Morgan fingerprint density at radius 1 is 1.02 bits per heavy atom. The van der Waals surface area contributed by atoms with E-state index in [2.05, 4.69) is 10.6 Å². The monoisotopic (exact) mass is 575 g/mol. The number of aromatic nitrogens is 2. The first-order chi connectivity index (χ1) is 19.9. The molecular weight excluding hydrogens is 538 g/mol. The summed E-state index contributed by atoms with van der Waals surface area (Å²) >= 11 is 0. The van der Waals surface area contributed by atoms with Gasteiger partial charge in [0.05, 0.1) is 21.8 Å². The average Bonchev–Trinajstić information content (AvgIpc) is 3.58. The molecule has 0 saturated carbocycles. The van der Waals surface area contributed by atoms with E-state index in [9.17, 15) is 13.2 Å². The molecule has 0 aliphatic carbocycles. The number of nitrogens with zero attached hydrogens (tertiary/aromatic N) is 4. The normalized spacial score (nSPS) is 22.1. The van der Waals surface area contributed by atoms with Crippen LogP contribution in [0.1, 0.15) is 31.0 Å². The number of carbonyl (C=O) groups is 1. The Hall–Kier alpha value is -3.31. The van der Waals surface area contributed by atoms with Gasteiger partial charge in [-0.25, -0.2) is 13.4 Å². The number of carbonyl (C=O) groups excluding carboxylic acids is 1. The van der Waals surface area contributed by atoms with E-state index in [0.717, 1.165) is 53.4 Å². The van der Waals surface area contributed by atoms with E-state index in [4.69, 9.17) is 15.5 Å². The minimum Gasteiger partial charge on any atom is -0.385 e. The van der Waals surface area contributed by atoms with Gasteiger partial charge in [0.2, 0.25) is 15.9 Å². The van der Waals surface area contributed by atoms with Gasteiger partial charge in [-0.15, -0.1) is 0 Å². The van der Waals surface area contributed by atoms with E-state index < -0.39 is 22.0 Å². The maximum absolute atomic E-state index is 13.8. The second kappa shape index (κ2) is 11.5. The first kappa shape index (κ1) is 27.8. The van der Waals surface area contributed by atoms with Crippen LogP contribution in [0, 0.1) is 5.92 Å². The van der Waals surface area contributed by atoms with Gasteiger partial charge in [-0.3, -0.25) is 4.79 Å². The zero-order valence-electron chi connectivity index (χ0n) is 23.4. The van der Waals surface area contributed by atoms with Crippen molar-refractivity contribution in [2.45, 2.75) is 42.7 Å². The first-order valence-electron chi connectivity index (χ1n) is 14.3. The lowest BCUT2D eigenvalue weighted by molar-refractivity contribution is -0.136. The highest BCUT2D eigenvalue weighted by molar-refractivity contribution is 7.89. The van der Waals surface area contributed by atoms with Gasteiger partial charge in [-0.05, 0) is 54.3 Å². The molecule has 3 atom stereocenters. The maximum Gasteiger partial charge on any atom is 0.243 e. The molecule has 2 N–H and O–H groups in total. The minimum absolute atomic E-state index is 0.0690. The van der Waals surface area contributed by atoms with Crippen molar-refractivity contribution in [1.29, 1.82) is 0 Å². The van der Waals surface area contributed by atoms with Gasteiger partial charge in [0.25, 0.3) is 0 Å². The van der Waals surface area contributed by atoms with Crippen molar-refractivity contribution in [3.63, 3.8) is 0 Å². The van der Waals surface area contributed by atoms with Gasteiger partial charge in [0.1, 0.15) is 5.82 Å². The van der Waals surface area contributed by atoms with Gasteiger partial charge in [-0.2, -0.15) is 4.31 Å². The van der Waals surface area contributed by atoms with Crippen molar-refractivity contribution in [3.8, 4) is 0 Å². The fraction of sp³-hybridized carbons (Fsp3) is 0.419. The highest BCUT2D eigenvalue weighted by Gasteiger charge is 2.43. The highest BCUT2D eigenvalue weighted by Crippen LogP contribution is 2.32. The van der Waals surface area contributed by atoms with E-state index in [1.807, 2.05) is 53.4 Å². The summed E-state index contributed by atoms with van der Waals surface area (Å²) in [5.41, 5.74) is 8.50. The fourth-order valence-corrected chi connectivity index (χ4v) is 7.90. The fourth-order valence-electron chi connectivity index (χ4n) is 6.36. The van der Waals surface area contributed by atoms with Gasteiger partial charge < -0.3 is 19.9 Å². The second-order valence-corrected chi connectivity index (χ2v) is 13.1. The van der Waals surface area contributed by atoms with E-state index in [1.165, 1.54) is 4.31 Å². The Kier molecular flexibility index (Phi) is 7.82. The quantitative estimate of drug-likeness (QED) is 0.322. The number of likely N-dealkylation sites (tertiary alicyclic amines) is 1. The number of rotatable bonds is 8. The number of methoxy groups -OCH3 is 1. The summed E-state index contributed by atoms with van der Waals surface area (Å²) in [4.78, 5) is 20.9. The SMILES string of the molecule is COCCCn1c([C@@H]2CCCN(C(=O)[C@@H]3CN(S(=O)(=O)c4ccc5ccccc5c4)C[C@H]3N)C2)nc2ccccc21. The zero-order valence-corrected chi connectivity index (χ0v) is 24.2. The zero-order chi connectivity index (χ0) is 28.6. The maximum atomic E-state index is 13.8. The third-order valence-corrected chi connectivity index (χ3v) is 10.3. The molecule has 3 heterocycles. The van der Waals surface area contributed by atoms with Crippen LogP contribution in [0.15, 0.2) is 71.6 Å². The Balaban J connectivity index is 1.19. The summed E-state index contributed by atoms with van der Waals surface area (Å²) in [5.74, 6) is 0.443. The van der Waals surface area contributed by atoms with Crippen molar-refractivity contribution in [2.24, 2.45) is 11.7 Å². The molecule has 0 bridgehead atoms. The standard InChI is InChI=1S/C31H37N5O4S/c1-40-17-7-16-36-29-12-5-4-11-28(29)33-30(36)24-10-6-15-34(19-24)31(37)26-20-35(21-27(26)32)41(38,39)25-14-13-22-8-2-3-9-23(22)18-25/h2-5,8-9,11-14,18,24,26-27H,6-7,10,15-17,19-21,32H2,1H3/t24-,26-,27-/m1/s1. The summed E-state index contributed by atoms with van der Waals surface area (Å²) in [7, 11) is -2.08. The largest absolute Gasteiger partial charge is 0.385 e.